The molecular formula is C22H28N6O. The molecule has 1 amide bonds. The second-order valence-electron chi connectivity index (χ2n) is 7.86. The SMILES string of the molecule is CC(CC(=O)Nc1ccccc1CN1CCN(C)CC1)n1nnc2ccccc21. The van der Waals surface area contributed by atoms with Crippen LogP contribution in [0.15, 0.2) is 48.5 Å². The number of carbonyl (C=O) groups is 1. The number of likely N-dealkylation sites (N-methyl/N-ethyl adjacent to an activating group) is 1. The van der Waals surface area contributed by atoms with Crippen LogP contribution in [0.2, 0.25) is 0 Å². The number of amides is 1. The van der Waals surface area contributed by atoms with Gasteiger partial charge in [-0.05, 0) is 37.7 Å². The maximum Gasteiger partial charge on any atom is 0.226 e. The van der Waals surface area contributed by atoms with Crippen molar-refractivity contribution in [2.75, 3.05) is 38.5 Å². The van der Waals surface area contributed by atoms with Gasteiger partial charge in [0, 0.05) is 44.8 Å². The molecule has 3 aromatic rings. The van der Waals surface area contributed by atoms with Gasteiger partial charge in [0.2, 0.25) is 5.91 Å². The highest BCUT2D eigenvalue weighted by Crippen LogP contribution is 2.21. The molecule has 29 heavy (non-hydrogen) atoms. The zero-order chi connectivity index (χ0) is 20.2. The largest absolute Gasteiger partial charge is 0.326 e. The van der Waals surface area contributed by atoms with Crippen LogP contribution in [0.5, 0.6) is 0 Å². The van der Waals surface area contributed by atoms with E-state index in [0.717, 1.165) is 55.0 Å². The molecule has 2 heterocycles. The van der Waals surface area contributed by atoms with E-state index in [1.165, 1.54) is 0 Å². The molecule has 7 nitrogen and oxygen atoms in total. The Morgan fingerprint density at radius 3 is 2.62 bits per heavy atom. The lowest BCUT2D eigenvalue weighted by Crippen LogP contribution is -2.44. The van der Waals surface area contributed by atoms with Gasteiger partial charge in [-0.2, -0.15) is 0 Å². The molecule has 1 saturated heterocycles. The number of aromatic nitrogens is 3. The fourth-order valence-electron chi connectivity index (χ4n) is 3.80. The van der Waals surface area contributed by atoms with E-state index in [9.17, 15) is 4.79 Å². The van der Waals surface area contributed by atoms with Crippen LogP contribution in [0.4, 0.5) is 5.69 Å². The minimum atomic E-state index is -0.0767. The predicted molar refractivity (Wildman–Crippen MR) is 115 cm³/mol. The Kier molecular flexibility index (Phi) is 5.87. The van der Waals surface area contributed by atoms with Crippen LogP contribution < -0.4 is 5.32 Å². The van der Waals surface area contributed by atoms with Crippen LogP contribution in [0, 0.1) is 0 Å². The van der Waals surface area contributed by atoms with Gasteiger partial charge in [0.1, 0.15) is 5.52 Å². The summed E-state index contributed by atoms with van der Waals surface area (Å²) in [5, 5.41) is 11.5. The number of para-hydroxylation sites is 2. The van der Waals surface area contributed by atoms with Crippen molar-refractivity contribution in [3.63, 3.8) is 0 Å². The standard InChI is InChI=1S/C22H28N6O/c1-17(28-21-10-6-5-9-20(21)24-25-28)15-22(29)23-19-8-4-3-7-18(19)16-27-13-11-26(2)12-14-27/h3-10,17H,11-16H2,1-2H3,(H,23,29). The van der Waals surface area contributed by atoms with Crippen molar-refractivity contribution in [2.45, 2.75) is 25.9 Å². The smallest absolute Gasteiger partial charge is 0.226 e. The zero-order valence-corrected chi connectivity index (χ0v) is 17.1. The molecule has 1 atom stereocenters. The molecule has 1 unspecified atom stereocenters. The molecular weight excluding hydrogens is 364 g/mol. The number of rotatable bonds is 6. The van der Waals surface area contributed by atoms with Gasteiger partial charge in [0.05, 0.1) is 11.6 Å². The fourth-order valence-corrected chi connectivity index (χ4v) is 3.80. The Balaban J connectivity index is 1.40. The number of hydrogen-bond acceptors (Lipinski definition) is 5. The van der Waals surface area contributed by atoms with Gasteiger partial charge in [0.15, 0.2) is 0 Å². The van der Waals surface area contributed by atoms with Crippen LogP contribution in [-0.2, 0) is 11.3 Å². The second kappa shape index (κ2) is 8.71. The molecule has 1 aliphatic rings. The van der Waals surface area contributed by atoms with Crippen molar-refractivity contribution in [2.24, 2.45) is 0 Å². The van der Waals surface area contributed by atoms with Crippen LogP contribution in [0.25, 0.3) is 11.0 Å². The first-order valence-corrected chi connectivity index (χ1v) is 10.2. The number of carbonyl (C=O) groups excluding carboxylic acids is 1. The van der Waals surface area contributed by atoms with E-state index >= 15 is 0 Å². The van der Waals surface area contributed by atoms with E-state index in [1.54, 1.807) is 0 Å². The third-order valence-corrected chi connectivity index (χ3v) is 5.56. The van der Waals surface area contributed by atoms with E-state index in [1.807, 2.05) is 54.1 Å². The van der Waals surface area contributed by atoms with Gasteiger partial charge < -0.3 is 10.2 Å². The molecule has 4 rings (SSSR count). The molecule has 152 valence electrons. The maximum atomic E-state index is 12.7. The number of benzene rings is 2. The number of nitrogens with zero attached hydrogens (tertiary/aromatic N) is 5. The Hall–Kier alpha value is -2.77. The minimum absolute atomic E-state index is 0.0112. The molecule has 0 aliphatic carbocycles. The quantitative estimate of drug-likeness (QED) is 0.699. The molecule has 7 heteroatoms. The highest BCUT2D eigenvalue weighted by molar-refractivity contribution is 5.91. The molecule has 1 aliphatic heterocycles. The van der Waals surface area contributed by atoms with Crippen molar-refractivity contribution in [1.82, 2.24) is 24.8 Å². The lowest BCUT2D eigenvalue weighted by atomic mass is 10.1. The molecule has 1 N–H and O–H groups in total. The summed E-state index contributed by atoms with van der Waals surface area (Å²) >= 11 is 0. The molecule has 2 aromatic carbocycles. The van der Waals surface area contributed by atoms with Gasteiger partial charge in [0.25, 0.3) is 0 Å². The van der Waals surface area contributed by atoms with Crippen molar-refractivity contribution >= 4 is 22.6 Å². The van der Waals surface area contributed by atoms with Gasteiger partial charge in [-0.25, -0.2) is 4.68 Å². The lowest BCUT2D eigenvalue weighted by molar-refractivity contribution is -0.116. The molecule has 1 fully saturated rings. The topological polar surface area (TPSA) is 66.3 Å². The van der Waals surface area contributed by atoms with Crippen molar-refractivity contribution in [3.8, 4) is 0 Å². The van der Waals surface area contributed by atoms with E-state index in [0.29, 0.717) is 6.42 Å². The summed E-state index contributed by atoms with van der Waals surface area (Å²) in [5.41, 5.74) is 3.84. The van der Waals surface area contributed by atoms with Gasteiger partial charge >= 0.3 is 0 Å². The average molecular weight is 393 g/mol. The minimum Gasteiger partial charge on any atom is -0.326 e. The van der Waals surface area contributed by atoms with Crippen molar-refractivity contribution in [3.05, 3.63) is 54.1 Å². The molecule has 0 bridgehead atoms. The zero-order valence-electron chi connectivity index (χ0n) is 17.1. The third kappa shape index (κ3) is 4.63. The third-order valence-electron chi connectivity index (χ3n) is 5.56. The highest BCUT2D eigenvalue weighted by atomic mass is 16.1. The monoisotopic (exact) mass is 392 g/mol. The number of anilines is 1. The number of hydrogen-bond donors (Lipinski definition) is 1. The summed E-state index contributed by atoms with van der Waals surface area (Å²) in [7, 11) is 2.16. The predicted octanol–water partition coefficient (Wildman–Crippen LogP) is 2.77. The molecule has 1 aromatic heterocycles. The Morgan fingerprint density at radius 2 is 1.79 bits per heavy atom. The van der Waals surface area contributed by atoms with E-state index in [2.05, 4.69) is 38.5 Å². The average Bonchev–Trinajstić information content (AvgIpc) is 3.15. The number of piperazine rings is 1. The Bertz CT molecular complexity index is 976. The summed E-state index contributed by atoms with van der Waals surface area (Å²) in [6, 6.07) is 15.8. The molecule has 0 spiro atoms. The summed E-state index contributed by atoms with van der Waals surface area (Å²) in [6.07, 6.45) is 0.343. The first-order chi connectivity index (χ1) is 14.1. The molecule has 0 radical (unpaired) electrons. The Morgan fingerprint density at radius 1 is 1.07 bits per heavy atom. The lowest BCUT2D eigenvalue weighted by Gasteiger charge is -2.32. The van der Waals surface area contributed by atoms with Crippen LogP contribution in [0.3, 0.4) is 0 Å². The summed E-state index contributed by atoms with van der Waals surface area (Å²) < 4.78 is 1.82. The maximum absolute atomic E-state index is 12.7. The summed E-state index contributed by atoms with van der Waals surface area (Å²) in [5.74, 6) is -0.0112. The van der Waals surface area contributed by atoms with Gasteiger partial charge in [-0.15, -0.1) is 5.10 Å². The van der Waals surface area contributed by atoms with Gasteiger partial charge in [-0.3, -0.25) is 9.69 Å². The van der Waals surface area contributed by atoms with Crippen LogP contribution in [0.1, 0.15) is 24.9 Å². The van der Waals surface area contributed by atoms with E-state index < -0.39 is 0 Å². The highest BCUT2D eigenvalue weighted by Gasteiger charge is 2.18. The summed E-state index contributed by atoms with van der Waals surface area (Å²) in [4.78, 5) is 17.5. The van der Waals surface area contributed by atoms with Crippen molar-refractivity contribution < 1.29 is 4.79 Å². The van der Waals surface area contributed by atoms with E-state index in [-0.39, 0.29) is 11.9 Å². The first kappa shape index (κ1) is 19.5. The van der Waals surface area contributed by atoms with E-state index in [4.69, 9.17) is 0 Å². The number of nitrogens with one attached hydrogen (secondary N) is 1. The van der Waals surface area contributed by atoms with Gasteiger partial charge in [-0.1, -0.05) is 35.5 Å². The normalized spacial score (nSPS) is 16.8. The second-order valence-corrected chi connectivity index (χ2v) is 7.86. The van der Waals surface area contributed by atoms with Crippen LogP contribution in [-0.4, -0.2) is 63.9 Å². The fraction of sp³-hybridized carbons (Fsp3) is 0.409. The van der Waals surface area contributed by atoms with Crippen molar-refractivity contribution in [1.29, 1.82) is 0 Å². The summed E-state index contributed by atoms with van der Waals surface area (Å²) in [6.45, 7) is 7.12. The van der Waals surface area contributed by atoms with Crippen LogP contribution >= 0.6 is 0 Å². The Labute approximate surface area is 171 Å². The number of fused-ring (bicyclic) bond motifs is 1. The molecule has 0 saturated carbocycles. The first-order valence-electron chi connectivity index (χ1n) is 10.2.